The molecule has 1 rings (SSSR count). The van der Waals surface area contributed by atoms with Gasteiger partial charge in [-0.3, -0.25) is 0 Å². The highest BCUT2D eigenvalue weighted by Gasteiger charge is 2.16. The Morgan fingerprint density at radius 3 is 2.36 bits per heavy atom. The first-order chi connectivity index (χ1) is 6.49. The highest BCUT2D eigenvalue weighted by Crippen LogP contribution is 2.38. The lowest BCUT2D eigenvalue weighted by atomic mass is 9.98. The van der Waals surface area contributed by atoms with Crippen molar-refractivity contribution in [2.75, 3.05) is 0 Å². The lowest BCUT2D eigenvalue weighted by molar-refractivity contribution is 0.853. The molecule has 0 atom stereocenters. The lowest BCUT2D eigenvalue weighted by Gasteiger charge is -2.15. The van der Waals surface area contributed by atoms with Crippen molar-refractivity contribution in [3.8, 4) is 0 Å². The summed E-state index contributed by atoms with van der Waals surface area (Å²) >= 11 is 21.5. The van der Waals surface area contributed by atoms with E-state index in [0.717, 1.165) is 15.6 Å². The Labute approximate surface area is 108 Å². The largest absolute Gasteiger partial charge is 0.121 e. The highest BCUT2D eigenvalue weighted by molar-refractivity contribution is 9.10. The third-order valence-corrected chi connectivity index (χ3v) is 3.89. The van der Waals surface area contributed by atoms with Gasteiger partial charge >= 0.3 is 0 Å². The van der Waals surface area contributed by atoms with Gasteiger partial charge in [-0.15, -0.1) is 11.6 Å². The predicted octanol–water partition coefficient (Wildman–Crippen LogP) is 5.62. The number of halogens is 4. The van der Waals surface area contributed by atoms with E-state index in [0.29, 0.717) is 21.8 Å². The summed E-state index contributed by atoms with van der Waals surface area (Å²) in [6.07, 6.45) is 0. The zero-order valence-corrected chi connectivity index (χ0v) is 11.7. The van der Waals surface area contributed by atoms with Gasteiger partial charge in [0.25, 0.3) is 0 Å². The van der Waals surface area contributed by atoms with Crippen molar-refractivity contribution in [3.63, 3.8) is 0 Å². The van der Waals surface area contributed by atoms with Crippen LogP contribution in [-0.4, -0.2) is 0 Å². The molecule has 0 fully saturated rings. The first-order valence-corrected chi connectivity index (χ1v) is 6.29. The van der Waals surface area contributed by atoms with Crippen molar-refractivity contribution < 1.29 is 0 Å². The average Bonchev–Trinajstić information content (AvgIpc) is 2.10. The summed E-state index contributed by atoms with van der Waals surface area (Å²) < 4.78 is 0.821. The van der Waals surface area contributed by atoms with Gasteiger partial charge in [0.05, 0.1) is 5.02 Å². The second-order valence-corrected chi connectivity index (χ2v) is 5.24. The topological polar surface area (TPSA) is 0 Å². The van der Waals surface area contributed by atoms with Crippen LogP contribution in [0.1, 0.15) is 30.9 Å². The van der Waals surface area contributed by atoms with E-state index < -0.39 is 0 Å². The maximum absolute atomic E-state index is 6.18. The molecule has 4 heteroatoms. The molecule has 0 heterocycles. The Morgan fingerprint density at radius 1 is 1.36 bits per heavy atom. The maximum atomic E-state index is 6.18. The first kappa shape index (κ1) is 12.6. The summed E-state index contributed by atoms with van der Waals surface area (Å²) in [6, 6.07) is 1.79. The molecule has 78 valence electrons. The van der Waals surface area contributed by atoms with E-state index in [-0.39, 0.29) is 0 Å². The molecule has 0 unspecified atom stereocenters. The standard InChI is InChI=1S/C10H10BrCl3/c1-5(2)9-6(4-12)8(13)3-7(11)10(9)14/h3,5H,4H2,1-2H3. The van der Waals surface area contributed by atoms with Gasteiger partial charge in [0.15, 0.2) is 0 Å². The summed E-state index contributed by atoms with van der Waals surface area (Å²) in [5, 5.41) is 1.38. The second-order valence-electron chi connectivity index (χ2n) is 3.33. The average molecular weight is 316 g/mol. The predicted molar refractivity (Wildman–Crippen MR) is 67.8 cm³/mol. The van der Waals surface area contributed by atoms with Gasteiger partial charge in [-0.05, 0) is 39.0 Å². The molecule has 0 N–H and O–H groups in total. The van der Waals surface area contributed by atoms with Crippen LogP contribution in [0.15, 0.2) is 10.5 Å². The van der Waals surface area contributed by atoms with Crippen LogP contribution in [0.25, 0.3) is 0 Å². The van der Waals surface area contributed by atoms with Gasteiger partial charge in [-0.2, -0.15) is 0 Å². The Hall–Kier alpha value is 0.570. The molecule has 0 amide bonds. The minimum absolute atomic E-state index is 0.311. The van der Waals surface area contributed by atoms with Crippen LogP contribution in [-0.2, 0) is 5.88 Å². The summed E-state index contributed by atoms with van der Waals surface area (Å²) in [7, 11) is 0. The molecule has 1 aromatic carbocycles. The molecular formula is C10H10BrCl3. The van der Waals surface area contributed by atoms with Crippen molar-refractivity contribution in [1.82, 2.24) is 0 Å². The van der Waals surface area contributed by atoms with E-state index in [1.807, 2.05) is 0 Å². The molecule has 0 aromatic heterocycles. The van der Waals surface area contributed by atoms with Crippen LogP contribution in [0.3, 0.4) is 0 Å². The fraction of sp³-hybridized carbons (Fsp3) is 0.400. The molecule has 0 aliphatic rings. The third-order valence-electron chi connectivity index (χ3n) is 2.02. The molecular weight excluding hydrogens is 306 g/mol. The molecule has 14 heavy (non-hydrogen) atoms. The monoisotopic (exact) mass is 314 g/mol. The summed E-state index contributed by atoms with van der Waals surface area (Å²) in [4.78, 5) is 0. The molecule has 0 radical (unpaired) electrons. The van der Waals surface area contributed by atoms with Crippen molar-refractivity contribution in [1.29, 1.82) is 0 Å². The van der Waals surface area contributed by atoms with Gasteiger partial charge in [0, 0.05) is 15.4 Å². The van der Waals surface area contributed by atoms with Gasteiger partial charge < -0.3 is 0 Å². The quantitative estimate of drug-likeness (QED) is 0.491. The summed E-state index contributed by atoms with van der Waals surface area (Å²) in [5.41, 5.74) is 1.96. The van der Waals surface area contributed by atoms with Crippen molar-refractivity contribution in [2.45, 2.75) is 25.6 Å². The molecule has 0 nitrogen and oxygen atoms in total. The fourth-order valence-electron chi connectivity index (χ4n) is 1.39. The van der Waals surface area contributed by atoms with Crippen LogP contribution < -0.4 is 0 Å². The summed E-state index contributed by atoms with van der Waals surface area (Å²) in [6.45, 7) is 4.14. The SMILES string of the molecule is CC(C)c1c(Cl)c(Br)cc(Cl)c1CCl. The van der Waals surface area contributed by atoms with Crippen LogP contribution in [0.5, 0.6) is 0 Å². The fourth-order valence-corrected chi connectivity index (χ4v) is 2.98. The van der Waals surface area contributed by atoms with Crippen LogP contribution >= 0.6 is 50.7 Å². The molecule has 0 saturated carbocycles. The van der Waals surface area contributed by atoms with Gasteiger partial charge in [0.2, 0.25) is 0 Å². The van der Waals surface area contributed by atoms with Crippen molar-refractivity contribution >= 4 is 50.7 Å². The van der Waals surface area contributed by atoms with Crippen LogP contribution in [0.4, 0.5) is 0 Å². The molecule has 0 saturated heterocycles. The Kier molecular flexibility index (Phi) is 4.57. The van der Waals surface area contributed by atoms with Gasteiger partial charge in [-0.25, -0.2) is 0 Å². The summed E-state index contributed by atoms with van der Waals surface area (Å²) in [5.74, 6) is 0.700. The van der Waals surface area contributed by atoms with E-state index in [4.69, 9.17) is 34.8 Å². The number of hydrogen-bond acceptors (Lipinski definition) is 0. The molecule has 1 aromatic rings. The minimum Gasteiger partial charge on any atom is -0.121 e. The Bertz CT molecular complexity index is 348. The second kappa shape index (κ2) is 5.07. The molecule has 0 aliphatic heterocycles. The number of hydrogen-bond donors (Lipinski definition) is 0. The van der Waals surface area contributed by atoms with E-state index in [2.05, 4.69) is 29.8 Å². The van der Waals surface area contributed by atoms with Gasteiger partial charge in [-0.1, -0.05) is 37.0 Å². The number of alkyl halides is 1. The van der Waals surface area contributed by atoms with E-state index >= 15 is 0 Å². The molecule has 0 aliphatic carbocycles. The smallest absolute Gasteiger partial charge is 0.0586 e. The van der Waals surface area contributed by atoms with Crippen molar-refractivity contribution in [3.05, 3.63) is 31.7 Å². The van der Waals surface area contributed by atoms with Gasteiger partial charge in [0.1, 0.15) is 0 Å². The first-order valence-electron chi connectivity index (χ1n) is 4.21. The van der Waals surface area contributed by atoms with Crippen LogP contribution in [0, 0.1) is 0 Å². The minimum atomic E-state index is 0.311. The molecule has 0 bridgehead atoms. The zero-order valence-electron chi connectivity index (χ0n) is 7.87. The van der Waals surface area contributed by atoms with Crippen molar-refractivity contribution in [2.24, 2.45) is 0 Å². The van der Waals surface area contributed by atoms with E-state index in [1.165, 1.54) is 0 Å². The number of rotatable bonds is 2. The highest BCUT2D eigenvalue weighted by atomic mass is 79.9. The Balaban J connectivity index is 3.48. The Morgan fingerprint density at radius 2 is 1.93 bits per heavy atom. The van der Waals surface area contributed by atoms with E-state index in [9.17, 15) is 0 Å². The molecule has 0 spiro atoms. The normalized spacial score (nSPS) is 11.1. The van der Waals surface area contributed by atoms with E-state index in [1.54, 1.807) is 6.07 Å². The maximum Gasteiger partial charge on any atom is 0.0586 e. The third kappa shape index (κ3) is 2.38. The number of benzene rings is 1. The van der Waals surface area contributed by atoms with Crippen LogP contribution in [0.2, 0.25) is 10.0 Å². The lowest BCUT2D eigenvalue weighted by Crippen LogP contribution is -1.97. The zero-order chi connectivity index (χ0) is 10.9.